The summed E-state index contributed by atoms with van der Waals surface area (Å²) in [6.45, 7) is 7.92. The van der Waals surface area contributed by atoms with Gasteiger partial charge in [0, 0.05) is 30.9 Å². The second-order valence-electron chi connectivity index (χ2n) is 6.81. The number of benzene rings is 1. The Morgan fingerprint density at radius 1 is 1.32 bits per heavy atom. The van der Waals surface area contributed by atoms with Gasteiger partial charge in [-0.1, -0.05) is 12.1 Å². The number of hydrogen-bond acceptors (Lipinski definition) is 4. The maximum atomic E-state index is 12.4. The zero-order valence-electron chi connectivity index (χ0n) is 14.8. The van der Waals surface area contributed by atoms with E-state index in [0.717, 1.165) is 44.5 Å². The molecule has 25 heavy (non-hydrogen) atoms. The average Bonchev–Trinajstić information content (AvgIpc) is 3.14. The van der Waals surface area contributed by atoms with Crippen LogP contribution in [-0.2, 0) is 13.1 Å². The number of para-hydroxylation sites is 2. The molecule has 1 aromatic carbocycles. The molecule has 6 nitrogen and oxygen atoms in total. The quantitative estimate of drug-likeness (QED) is 0.733. The van der Waals surface area contributed by atoms with E-state index in [2.05, 4.69) is 23.8 Å². The van der Waals surface area contributed by atoms with Crippen molar-refractivity contribution in [2.45, 2.75) is 45.8 Å². The van der Waals surface area contributed by atoms with Crippen molar-refractivity contribution < 1.29 is 4.42 Å². The molecule has 3 heterocycles. The van der Waals surface area contributed by atoms with E-state index in [4.69, 9.17) is 4.42 Å². The largest absolute Gasteiger partial charge is 0.420 e. The van der Waals surface area contributed by atoms with Gasteiger partial charge in [-0.05, 0) is 45.4 Å². The summed E-state index contributed by atoms with van der Waals surface area (Å²) in [4.78, 5) is 14.8. The molecular weight excluding hydrogens is 316 g/mol. The number of nitrogens with zero attached hydrogens (tertiary/aromatic N) is 4. The molecule has 0 N–H and O–H groups in total. The van der Waals surface area contributed by atoms with E-state index < -0.39 is 0 Å². The van der Waals surface area contributed by atoms with Crippen LogP contribution in [0.5, 0.6) is 0 Å². The number of likely N-dealkylation sites (tertiary alicyclic amines) is 1. The molecule has 1 saturated heterocycles. The summed E-state index contributed by atoms with van der Waals surface area (Å²) >= 11 is 0. The standard InChI is InChI=1S/C19H24N4O2/c1-3-22-14(2)15(11-20-22)12-21-10-6-7-16(13-21)23-17-8-4-5-9-18(17)25-19(23)24/h4-5,8-9,11,16H,3,6-7,10,12-13H2,1-2H3/t16-/m1/s1. The van der Waals surface area contributed by atoms with Gasteiger partial charge in [0.05, 0.1) is 17.8 Å². The number of hydrogen-bond donors (Lipinski definition) is 0. The molecule has 1 atom stereocenters. The third kappa shape index (κ3) is 2.91. The lowest BCUT2D eigenvalue weighted by atomic mass is 10.0. The van der Waals surface area contributed by atoms with Gasteiger partial charge in [0.1, 0.15) is 0 Å². The monoisotopic (exact) mass is 340 g/mol. The number of fused-ring (bicyclic) bond motifs is 1. The van der Waals surface area contributed by atoms with Gasteiger partial charge >= 0.3 is 5.76 Å². The lowest BCUT2D eigenvalue weighted by Crippen LogP contribution is -2.38. The van der Waals surface area contributed by atoms with Crippen LogP contribution in [0.4, 0.5) is 0 Å². The van der Waals surface area contributed by atoms with Crippen molar-refractivity contribution in [2.24, 2.45) is 0 Å². The van der Waals surface area contributed by atoms with E-state index in [1.165, 1.54) is 11.3 Å². The van der Waals surface area contributed by atoms with Crippen molar-refractivity contribution in [3.05, 3.63) is 52.3 Å². The Kier molecular flexibility index (Phi) is 4.21. The normalized spacial score (nSPS) is 18.9. The van der Waals surface area contributed by atoms with Crippen molar-refractivity contribution in [3.63, 3.8) is 0 Å². The molecule has 0 aliphatic carbocycles. The van der Waals surface area contributed by atoms with Gasteiger partial charge in [-0.3, -0.25) is 14.1 Å². The lowest BCUT2D eigenvalue weighted by molar-refractivity contribution is 0.167. The minimum Gasteiger partial charge on any atom is -0.408 e. The Morgan fingerprint density at radius 3 is 2.96 bits per heavy atom. The number of aryl methyl sites for hydroxylation is 1. The summed E-state index contributed by atoms with van der Waals surface area (Å²) in [5.74, 6) is -0.247. The van der Waals surface area contributed by atoms with Gasteiger partial charge in [0.25, 0.3) is 0 Å². The highest BCUT2D eigenvalue weighted by Crippen LogP contribution is 2.26. The highest BCUT2D eigenvalue weighted by molar-refractivity contribution is 5.72. The number of piperidine rings is 1. The van der Waals surface area contributed by atoms with Crippen molar-refractivity contribution in [3.8, 4) is 0 Å². The highest BCUT2D eigenvalue weighted by atomic mass is 16.4. The van der Waals surface area contributed by atoms with E-state index in [1.54, 1.807) is 0 Å². The van der Waals surface area contributed by atoms with Crippen LogP contribution in [0.25, 0.3) is 11.1 Å². The lowest BCUT2D eigenvalue weighted by Gasteiger charge is -2.32. The molecule has 0 amide bonds. The van der Waals surface area contributed by atoms with E-state index in [0.29, 0.717) is 5.58 Å². The second-order valence-corrected chi connectivity index (χ2v) is 6.81. The van der Waals surface area contributed by atoms with Gasteiger partial charge in [-0.2, -0.15) is 5.10 Å². The Morgan fingerprint density at radius 2 is 2.16 bits per heavy atom. The minimum absolute atomic E-state index is 0.159. The van der Waals surface area contributed by atoms with Crippen molar-refractivity contribution in [2.75, 3.05) is 13.1 Å². The molecule has 0 bridgehead atoms. The fourth-order valence-electron chi connectivity index (χ4n) is 3.92. The molecular formula is C19H24N4O2. The molecule has 0 radical (unpaired) electrons. The molecule has 0 unspecified atom stereocenters. The summed E-state index contributed by atoms with van der Waals surface area (Å²) in [6.07, 6.45) is 4.06. The summed E-state index contributed by atoms with van der Waals surface area (Å²) in [5.41, 5.74) is 4.07. The third-order valence-corrected chi connectivity index (χ3v) is 5.26. The molecule has 1 fully saturated rings. The Bertz CT molecular complexity index is 936. The fourth-order valence-corrected chi connectivity index (χ4v) is 3.92. The number of rotatable bonds is 4. The van der Waals surface area contributed by atoms with E-state index in [1.807, 2.05) is 39.7 Å². The third-order valence-electron chi connectivity index (χ3n) is 5.26. The van der Waals surface area contributed by atoms with Gasteiger partial charge in [0.2, 0.25) is 0 Å². The predicted molar refractivity (Wildman–Crippen MR) is 96.7 cm³/mol. The van der Waals surface area contributed by atoms with Crippen LogP contribution in [0.2, 0.25) is 0 Å². The predicted octanol–water partition coefficient (Wildman–Crippen LogP) is 2.96. The van der Waals surface area contributed by atoms with Crippen LogP contribution in [0, 0.1) is 6.92 Å². The first-order valence-corrected chi connectivity index (χ1v) is 9.01. The molecule has 1 aliphatic heterocycles. The Labute approximate surface area is 146 Å². The van der Waals surface area contributed by atoms with Gasteiger partial charge in [-0.25, -0.2) is 4.79 Å². The van der Waals surface area contributed by atoms with Crippen molar-refractivity contribution in [1.29, 1.82) is 0 Å². The molecule has 1 aliphatic rings. The van der Waals surface area contributed by atoms with Crippen molar-refractivity contribution in [1.82, 2.24) is 19.2 Å². The second kappa shape index (κ2) is 6.52. The summed E-state index contributed by atoms with van der Waals surface area (Å²) in [6, 6.07) is 7.84. The smallest absolute Gasteiger partial charge is 0.408 e. The van der Waals surface area contributed by atoms with Gasteiger partial charge < -0.3 is 4.42 Å². The van der Waals surface area contributed by atoms with Crippen LogP contribution in [0.1, 0.15) is 37.1 Å². The minimum atomic E-state index is -0.247. The molecule has 2 aromatic heterocycles. The molecule has 6 heteroatoms. The first-order chi connectivity index (χ1) is 12.2. The molecule has 4 rings (SSSR count). The SMILES string of the molecule is CCn1ncc(CN2CCC[C@@H](n3c(=O)oc4ccccc43)C2)c1C. The Balaban J connectivity index is 1.57. The first kappa shape index (κ1) is 16.1. The summed E-state index contributed by atoms with van der Waals surface area (Å²) in [7, 11) is 0. The molecule has 0 spiro atoms. The zero-order valence-corrected chi connectivity index (χ0v) is 14.8. The summed E-state index contributed by atoms with van der Waals surface area (Å²) in [5, 5.41) is 4.44. The van der Waals surface area contributed by atoms with E-state index in [-0.39, 0.29) is 11.8 Å². The van der Waals surface area contributed by atoms with Gasteiger partial charge in [-0.15, -0.1) is 0 Å². The maximum Gasteiger partial charge on any atom is 0.420 e. The Hall–Kier alpha value is -2.34. The molecule has 3 aromatic rings. The van der Waals surface area contributed by atoms with Crippen LogP contribution >= 0.6 is 0 Å². The first-order valence-electron chi connectivity index (χ1n) is 9.01. The molecule has 132 valence electrons. The van der Waals surface area contributed by atoms with Gasteiger partial charge in [0.15, 0.2) is 5.58 Å². The number of oxazole rings is 1. The van der Waals surface area contributed by atoms with Crippen molar-refractivity contribution >= 4 is 11.1 Å². The molecule has 0 saturated carbocycles. The topological polar surface area (TPSA) is 56.2 Å². The van der Waals surface area contributed by atoms with Crippen LogP contribution in [-0.4, -0.2) is 32.3 Å². The van der Waals surface area contributed by atoms with E-state index >= 15 is 0 Å². The highest BCUT2D eigenvalue weighted by Gasteiger charge is 2.25. The van der Waals surface area contributed by atoms with E-state index in [9.17, 15) is 4.79 Å². The van der Waals surface area contributed by atoms with Crippen LogP contribution < -0.4 is 5.76 Å². The maximum absolute atomic E-state index is 12.4. The number of aromatic nitrogens is 3. The zero-order chi connectivity index (χ0) is 17.4. The average molecular weight is 340 g/mol. The van der Waals surface area contributed by atoms with Crippen LogP contribution in [0.15, 0.2) is 39.7 Å². The fraction of sp³-hybridized carbons (Fsp3) is 0.474. The summed E-state index contributed by atoms with van der Waals surface area (Å²) < 4.78 is 9.29. The van der Waals surface area contributed by atoms with Crippen LogP contribution in [0.3, 0.4) is 0 Å².